The van der Waals surface area contributed by atoms with Crippen LogP contribution in [0, 0.1) is 17.8 Å². The highest BCUT2D eigenvalue weighted by Gasteiger charge is 2.80. The van der Waals surface area contributed by atoms with Gasteiger partial charge in [0.05, 0.1) is 18.1 Å². The summed E-state index contributed by atoms with van der Waals surface area (Å²) in [4.78, 5) is 44.7. The van der Waals surface area contributed by atoms with Gasteiger partial charge in [-0.05, 0) is 56.4 Å². The van der Waals surface area contributed by atoms with Crippen LogP contribution in [-0.4, -0.2) is 71.3 Å². The third-order valence-corrected chi connectivity index (χ3v) is 8.39. The first-order chi connectivity index (χ1) is 17.7. The zero-order chi connectivity index (χ0) is 27.0. The summed E-state index contributed by atoms with van der Waals surface area (Å²) in [5, 5.41) is 10.1. The highest BCUT2D eigenvalue weighted by Crippen LogP contribution is 2.65. The second-order valence-electron chi connectivity index (χ2n) is 10.3. The van der Waals surface area contributed by atoms with E-state index < -0.39 is 35.0 Å². The lowest BCUT2D eigenvalue weighted by Crippen LogP contribution is -2.57. The number of hydrogen-bond acceptors (Lipinski definition) is 6. The largest absolute Gasteiger partial charge is 0.465 e. The molecule has 3 aliphatic heterocycles. The Labute approximate surface area is 222 Å². The van der Waals surface area contributed by atoms with Gasteiger partial charge in [0, 0.05) is 30.4 Å². The number of carbonyl (C=O) groups excluding carboxylic acids is 3. The van der Waals surface area contributed by atoms with Gasteiger partial charge >= 0.3 is 5.97 Å². The van der Waals surface area contributed by atoms with E-state index in [2.05, 4.69) is 13.2 Å². The topological polar surface area (TPSA) is 96.4 Å². The number of likely N-dealkylation sites (tertiary alicyclic amines) is 1. The Kier molecular flexibility index (Phi) is 7.83. The maximum absolute atomic E-state index is 14.3. The molecule has 6 atom stereocenters. The standard InChI is InChI=1S/C28H35ClN2O6/c1-5-7-16-36-26(35)22-21-24(33)31(14-8-15-32)23(28(21)17-18(3)27(22,4)37-28)25(34)30(13-6-2)20-11-9-19(29)10-12-20/h5-6,9-12,18,21-23,32H,1-2,7-8,13-17H2,3-4H3/t18?,21-,22+,23?,27-,28?/m0/s1. The zero-order valence-corrected chi connectivity index (χ0v) is 22.2. The summed E-state index contributed by atoms with van der Waals surface area (Å²) in [6.07, 6.45) is 4.52. The third kappa shape index (κ3) is 4.39. The minimum absolute atomic E-state index is 0.0926. The van der Waals surface area contributed by atoms with Crippen molar-refractivity contribution in [3.05, 3.63) is 54.6 Å². The van der Waals surface area contributed by atoms with Crippen molar-refractivity contribution in [2.24, 2.45) is 17.8 Å². The van der Waals surface area contributed by atoms with Gasteiger partial charge in [0.15, 0.2) is 0 Å². The highest BCUT2D eigenvalue weighted by atomic mass is 35.5. The predicted octanol–water partition coefficient (Wildman–Crippen LogP) is 3.37. The number of anilines is 1. The molecule has 3 heterocycles. The molecule has 3 fully saturated rings. The molecule has 37 heavy (non-hydrogen) atoms. The van der Waals surface area contributed by atoms with Crippen molar-refractivity contribution in [3.8, 4) is 0 Å². The van der Waals surface area contributed by atoms with Gasteiger partial charge in [0.25, 0.3) is 5.91 Å². The van der Waals surface area contributed by atoms with Gasteiger partial charge in [0.2, 0.25) is 5.91 Å². The molecule has 1 spiro atoms. The van der Waals surface area contributed by atoms with Crippen molar-refractivity contribution in [2.75, 3.05) is 31.2 Å². The number of hydrogen-bond donors (Lipinski definition) is 1. The van der Waals surface area contributed by atoms with E-state index in [0.29, 0.717) is 30.0 Å². The fourth-order valence-electron chi connectivity index (χ4n) is 6.41. The van der Waals surface area contributed by atoms with Crippen LogP contribution in [-0.2, 0) is 23.9 Å². The van der Waals surface area contributed by atoms with Gasteiger partial charge < -0.3 is 24.4 Å². The monoisotopic (exact) mass is 530 g/mol. The van der Waals surface area contributed by atoms with Gasteiger partial charge in [-0.25, -0.2) is 0 Å². The van der Waals surface area contributed by atoms with Gasteiger partial charge in [-0.2, -0.15) is 0 Å². The van der Waals surface area contributed by atoms with Crippen molar-refractivity contribution in [1.82, 2.24) is 4.90 Å². The first kappa shape index (κ1) is 27.4. The Bertz CT molecular complexity index is 1080. The summed E-state index contributed by atoms with van der Waals surface area (Å²) in [5.41, 5.74) is -1.53. The van der Waals surface area contributed by atoms with E-state index in [-0.39, 0.29) is 44.0 Å². The second-order valence-corrected chi connectivity index (χ2v) is 10.7. The number of esters is 1. The van der Waals surface area contributed by atoms with Crippen molar-refractivity contribution >= 4 is 35.1 Å². The number of aliphatic hydroxyl groups excluding tert-OH is 1. The Hall–Kier alpha value is -2.68. The lowest BCUT2D eigenvalue weighted by Gasteiger charge is -2.37. The summed E-state index contributed by atoms with van der Waals surface area (Å²) in [6, 6.07) is 5.90. The number of nitrogens with zero attached hydrogens (tertiary/aromatic N) is 2. The molecule has 0 aromatic heterocycles. The minimum atomic E-state index is -1.19. The average molecular weight is 531 g/mol. The molecular formula is C28H35ClN2O6. The Morgan fingerprint density at radius 1 is 1.30 bits per heavy atom. The van der Waals surface area contributed by atoms with Crippen molar-refractivity contribution in [3.63, 3.8) is 0 Å². The first-order valence-electron chi connectivity index (χ1n) is 12.7. The smallest absolute Gasteiger partial charge is 0.312 e. The van der Waals surface area contributed by atoms with E-state index in [0.717, 1.165) is 0 Å². The molecule has 3 unspecified atom stereocenters. The molecule has 0 radical (unpaired) electrons. The van der Waals surface area contributed by atoms with E-state index in [1.54, 1.807) is 41.3 Å². The number of halogens is 1. The van der Waals surface area contributed by atoms with E-state index in [1.165, 1.54) is 4.90 Å². The SMILES string of the molecule is C=CCCOC(=O)[C@H]1[C@H]2C(=O)N(CCCO)C(C(=O)N(CC=C)c3ccc(Cl)cc3)C23CC(C)[C@]1(C)O3. The van der Waals surface area contributed by atoms with Gasteiger partial charge in [-0.15, -0.1) is 13.2 Å². The quantitative estimate of drug-likeness (QED) is 0.268. The lowest BCUT2D eigenvalue weighted by molar-refractivity contribution is -0.161. The summed E-state index contributed by atoms with van der Waals surface area (Å²) in [5.74, 6) is -2.92. The molecule has 8 nitrogen and oxygen atoms in total. The predicted molar refractivity (Wildman–Crippen MR) is 140 cm³/mol. The van der Waals surface area contributed by atoms with Crippen molar-refractivity contribution < 1.29 is 29.0 Å². The lowest BCUT2D eigenvalue weighted by atomic mass is 9.62. The van der Waals surface area contributed by atoms with Crippen molar-refractivity contribution in [2.45, 2.75) is 50.4 Å². The fraction of sp³-hybridized carbons (Fsp3) is 0.536. The summed E-state index contributed by atoms with van der Waals surface area (Å²) < 4.78 is 12.2. The molecule has 2 bridgehead atoms. The van der Waals surface area contributed by atoms with Gasteiger partial charge in [-0.3, -0.25) is 14.4 Å². The van der Waals surface area contributed by atoms with Crippen LogP contribution in [0.4, 0.5) is 5.69 Å². The Morgan fingerprint density at radius 2 is 2.00 bits per heavy atom. The van der Waals surface area contributed by atoms with Crippen LogP contribution in [0.2, 0.25) is 5.02 Å². The van der Waals surface area contributed by atoms with Crippen LogP contribution in [0.3, 0.4) is 0 Å². The number of ether oxygens (including phenoxy) is 2. The van der Waals surface area contributed by atoms with Crippen LogP contribution in [0.15, 0.2) is 49.6 Å². The normalized spacial score (nSPS) is 31.8. The second kappa shape index (κ2) is 10.6. The van der Waals surface area contributed by atoms with E-state index in [1.807, 2.05) is 13.8 Å². The Morgan fingerprint density at radius 3 is 2.62 bits per heavy atom. The first-order valence-corrected chi connectivity index (χ1v) is 13.1. The number of aliphatic hydroxyl groups is 1. The van der Waals surface area contributed by atoms with Crippen LogP contribution in [0.5, 0.6) is 0 Å². The average Bonchev–Trinajstić information content (AvgIpc) is 3.38. The molecule has 1 aromatic rings. The number of rotatable bonds is 11. The van der Waals surface area contributed by atoms with Crippen LogP contribution in [0.25, 0.3) is 0 Å². The number of amides is 2. The van der Waals surface area contributed by atoms with Gasteiger partial charge in [0.1, 0.15) is 17.6 Å². The maximum Gasteiger partial charge on any atom is 0.312 e. The summed E-state index contributed by atoms with van der Waals surface area (Å²) in [6.45, 7) is 11.7. The number of carbonyl (C=O) groups is 3. The van der Waals surface area contributed by atoms with Crippen LogP contribution < -0.4 is 4.90 Å². The van der Waals surface area contributed by atoms with Crippen LogP contribution >= 0.6 is 11.6 Å². The number of fused-ring (bicyclic) bond motifs is 1. The molecule has 4 rings (SSSR count). The molecule has 9 heteroatoms. The van der Waals surface area contributed by atoms with E-state index in [9.17, 15) is 19.5 Å². The molecule has 0 aliphatic carbocycles. The molecule has 3 saturated heterocycles. The number of benzene rings is 1. The fourth-order valence-corrected chi connectivity index (χ4v) is 6.54. The molecule has 2 amide bonds. The molecule has 1 aromatic carbocycles. The maximum atomic E-state index is 14.3. The van der Waals surface area contributed by atoms with Crippen molar-refractivity contribution in [1.29, 1.82) is 0 Å². The molecule has 0 saturated carbocycles. The minimum Gasteiger partial charge on any atom is -0.465 e. The Balaban J connectivity index is 1.78. The van der Waals surface area contributed by atoms with Gasteiger partial charge in [-0.1, -0.05) is 30.7 Å². The summed E-state index contributed by atoms with van der Waals surface area (Å²) >= 11 is 6.08. The van der Waals surface area contributed by atoms with E-state index in [4.69, 9.17) is 21.1 Å². The molecule has 200 valence electrons. The highest BCUT2D eigenvalue weighted by molar-refractivity contribution is 6.30. The summed E-state index contributed by atoms with van der Waals surface area (Å²) in [7, 11) is 0. The molecule has 1 N–H and O–H groups in total. The molecular weight excluding hydrogens is 496 g/mol. The zero-order valence-electron chi connectivity index (χ0n) is 21.4. The van der Waals surface area contributed by atoms with Crippen LogP contribution in [0.1, 0.15) is 33.1 Å². The van der Waals surface area contributed by atoms with E-state index >= 15 is 0 Å². The molecule has 3 aliphatic rings. The third-order valence-electron chi connectivity index (χ3n) is 8.14.